The van der Waals surface area contributed by atoms with Gasteiger partial charge in [0.25, 0.3) is 0 Å². The highest BCUT2D eigenvalue weighted by atomic mass is 15.2. The predicted octanol–water partition coefficient (Wildman–Crippen LogP) is 10.1. The van der Waals surface area contributed by atoms with Crippen LogP contribution in [0.5, 0.6) is 0 Å². The summed E-state index contributed by atoms with van der Waals surface area (Å²) in [6, 6.07) is 49.7. The second kappa shape index (κ2) is 9.58. The molecule has 0 saturated heterocycles. The number of aromatic nitrogens is 2. The lowest BCUT2D eigenvalue weighted by Crippen LogP contribution is -2.16. The normalized spacial score (nSPS) is 11.9. The van der Waals surface area contributed by atoms with Gasteiger partial charge in [-0.1, -0.05) is 109 Å². The molecule has 0 aliphatic carbocycles. The average Bonchev–Trinajstić information content (AvgIpc) is 3.06. The van der Waals surface area contributed by atoms with Crippen LogP contribution in [0.1, 0.15) is 0 Å². The molecule has 0 spiro atoms. The van der Waals surface area contributed by atoms with Crippen molar-refractivity contribution in [3.63, 3.8) is 0 Å². The third kappa shape index (κ3) is 3.98. The number of benzene rings is 6. The Balaban J connectivity index is 1.21. The zero-order chi connectivity index (χ0) is 27.2. The maximum Gasteiger partial charge on any atom is 0.116 e. The molecule has 2 heterocycles. The number of nitrogens with zero attached hydrogens (tertiary/aromatic N) is 3. The van der Waals surface area contributed by atoms with E-state index in [1.165, 1.54) is 44.2 Å². The fourth-order valence-electron chi connectivity index (χ4n) is 5.97. The van der Waals surface area contributed by atoms with Crippen molar-refractivity contribution >= 4 is 27.8 Å². The first-order chi connectivity index (χ1) is 20.3. The number of rotatable bonds is 4. The number of anilines is 3. The Labute approximate surface area is 239 Å². The standard InChI is InChI=1S/C38H25N3/c1-3-8-26(9-4-1)28-14-16-29(17-15-28)30-18-20-33(21-19-30)41-35-13-7-12-31-22-32(27-10-5-2-6-11-27)23-34(37(31)35)38-36(41)24-39-25-40-38/h1-25H. The van der Waals surface area contributed by atoms with Crippen LogP contribution in [0.3, 0.4) is 0 Å². The molecule has 0 amide bonds. The van der Waals surface area contributed by atoms with Crippen molar-refractivity contribution in [2.24, 2.45) is 0 Å². The van der Waals surface area contributed by atoms with Gasteiger partial charge in [0.05, 0.1) is 23.3 Å². The Morgan fingerprint density at radius 3 is 1.71 bits per heavy atom. The molecule has 1 aliphatic rings. The Bertz CT molecular complexity index is 2010. The van der Waals surface area contributed by atoms with Crippen LogP contribution >= 0.6 is 0 Å². The Morgan fingerprint density at radius 2 is 1.05 bits per heavy atom. The third-order valence-corrected chi connectivity index (χ3v) is 7.94. The van der Waals surface area contributed by atoms with Crippen LogP contribution in [0.4, 0.5) is 17.1 Å². The molecule has 3 heteroatoms. The van der Waals surface area contributed by atoms with Gasteiger partial charge >= 0.3 is 0 Å². The first-order valence-electron chi connectivity index (χ1n) is 13.8. The van der Waals surface area contributed by atoms with Crippen molar-refractivity contribution < 1.29 is 0 Å². The minimum Gasteiger partial charge on any atom is -0.306 e. The van der Waals surface area contributed by atoms with Gasteiger partial charge in [0.1, 0.15) is 6.33 Å². The lowest BCUT2D eigenvalue weighted by molar-refractivity contribution is 1.13. The highest BCUT2D eigenvalue weighted by Gasteiger charge is 2.27. The molecule has 0 fully saturated rings. The molecule has 0 unspecified atom stereocenters. The van der Waals surface area contributed by atoms with Gasteiger partial charge in [0, 0.05) is 16.6 Å². The number of hydrogen-bond acceptors (Lipinski definition) is 3. The second-order valence-corrected chi connectivity index (χ2v) is 10.3. The van der Waals surface area contributed by atoms with Gasteiger partial charge in [-0.25, -0.2) is 9.97 Å². The van der Waals surface area contributed by atoms with Gasteiger partial charge in [-0.05, 0) is 69.1 Å². The average molecular weight is 524 g/mol. The predicted molar refractivity (Wildman–Crippen MR) is 170 cm³/mol. The molecule has 192 valence electrons. The highest BCUT2D eigenvalue weighted by Crippen LogP contribution is 2.50. The summed E-state index contributed by atoms with van der Waals surface area (Å²) in [5, 5.41) is 2.40. The van der Waals surface area contributed by atoms with Crippen molar-refractivity contribution in [3.05, 3.63) is 152 Å². The van der Waals surface area contributed by atoms with Gasteiger partial charge in [0.15, 0.2) is 0 Å². The zero-order valence-electron chi connectivity index (χ0n) is 22.3. The number of fused-ring (bicyclic) bond motifs is 2. The summed E-state index contributed by atoms with van der Waals surface area (Å²) in [4.78, 5) is 11.5. The lowest BCUT2D eigenvalue weighted by Gasteiger charge is -2.32. The van der Waals surface area contributed by atoms with Crippen LogP contribution in [0, 0.1) is 0 Å². The molecule has 6 aromatic carbocycles. The maximum absolute atomic E-state index is 4.80. The molecule has 1 aliphatic heterocycles. The first-order valence-corrected chi connectivity index (χ1v) is 13.8. The van der Waals surface area contributed by atoms with E-state index in [4.69, 9.17) is 4.98 Å². The van der Waals surface area contributed by atoms with Gasteiger partial charge in [0.2, 0.25) is 0 Å². The monoisotopic (exact) mass is 523 g/mol. The minimum atomic E-state index is 0.946. The van der Waals surface area contributed by atoms with E-state index in [1.54, 1.807) is 6.33 Å². The first kappa shape index (κ1) is 23.4. The van der Waals surface area contributed by atoms with E-state index in [9.17, 15) is 0 Å². The summed E-state index contributed by atoms with van der Waals surface area (Å²) in [6.07, 6.45) is 3.57. The smallest absolute Gasteiger partial charge is 0.116 e. The van der Waals surface area contributed by atoms with Crippen molar-refractivity contribution in [2.75, 3.05) is 4.90 Å². The Hall–Kier alpha value is -5.54. The fourth-order valence-corrected chi connectivity index (χ4v) is 5.97. The molecular formula is C38H25N3. The van der Waals surface area contributed by atoms with Crippen LogP contribution in [-0.4, -0.2) is 9.97 Å². The van der Waals surface area contributed by atoms with Crippen molar-refractivity contribution in [1.29, 1.82) is 0 Å². The topological polar surface area (TPSA) is 29.0 Å². The van der Waals surface area contributed by atoms with Gasteiger partial charge < -0.3 is 4.90 Å². The molecule has 3 nitrogen and oxygen atoms in total. The third-order valence-electron chi connectivity index (χ3n) is 7.94. The van der Waals surface area contributed by atoms with Crippen LogP contribution in [-0.2, 0) is 0 Å². The van der Waals surface area contributed by atoms with Crippen LogP contribution < -0.4 is 4.90 Å². The largest absolute Gasteiger partial charge is 0.306 e. The van der Waals surface area contributed by atoms with E-state index < -0.39 is 0 Å². The molecule has 1 aromatic heterocycles. The molecule has 0 saturated carbocycles. The molecule has 0 bridgehead atoms. The van der Waals surface area contributed by atoms with Crippen molar-refractivity contribution in [3.8, 4) is 44.6 Å². The molecule has 0 atom stereocenters. The second-order valence-electron chi connectivity index (χ2n) is 10.3. The quantitative estimate of drug-likeness (QED) is 0.230. The summed E-state index contributed by atoms with van der Waals surface area (Å²) >= 11 is 0. The van der Waals surface area contributed by atoms with Crippen LogP contribution in [0.2, 0.25) is 0 Å². The summed E-state index contributed by atoms with van der Waals surface area (Å²) in [6.45, 7) is 0. The van der Waals surface area contributed by atoms with E-state index in [2.05, 4.69) is 143 Å². The van der Waals surface area contributed by atoms with E-state index >= 15 is 0 Å². The molecule has 0 N–H and O–H groups in total. The van der Waals surface area contributed by atoms with E-state index in [0.29, 0.717) is 0 Å². The molecular weight excluding hydrogens is 498 g/mol. The summed E-state index contributed by atoms with van der Waals surface area (Å²) < 4.78 is 0. The molecule has 8 rings (SSSR count). The molecule has 0 radical (unpaired) electrons. The zero-order valence-corrected chi connectivity index (χ0v) is 22.3. The number of hydrogen-bond donors (Lipinski definition) is 0. The Morgan fingerprint density at radius 1 is 0.463 bits per heavy atom. The summed E-state index contributed by atoms with van der Waals surface area (Å²) in [7, 11) is 0. The van der Waals surface area contributed by atoms with E-state index in [1.807, 2.05) is 12.3 Å². The molecule has 41 heavy (non-hydrogen) atoms. The van der Waals surface area contributed by atoms with E-state index in [0.717, 1.165) is 28.3 Å². The SMILES string of the molecule is c1ccc(-c2ccc(-c3ccc(N4c5cncnc5-c5cc(-c6ccccc6)cc6cccc4c56)cc3)cc2)cc1. The van der Waals surface area contributed by atoms with Crippen molar-refractivity contribution in [1.82, 2.24) is 9.97 Å². The Kier molecular flexibility index (Phi) is 5.46. The van der Waals surface area contributed by atoms with Gasteiger partial charge in [-0.15, -0.1) is 0 Å². The van der Waals surface area contributed by atoms with Crippen LogP contribution in [0.25, 0.3) is 55.4 Å². The fraction of sp³-hybridized carbons (Fsp3) is 0. The van der Waals surface area contributed by atoms with Crippen molar-refractivity contribution in [2.45, 2.75) is 0 Å². The maximum atomic E-state index is 4.80. The lowest BCUT2D eigenvalue weighted by atomic mass is 9.90. The van der Waals surface area contributed by atoms with Crippen LogP contribution in [0.15, 0.2) is 152 Å². The summed E-state index contributed by atoms with van der Waals surface area (Å²) in [5.41, 5.74) is 12.5. The van der Waals surface area contributed by atoms with Gasteiger partial charge in [-0.3, -0.25) is 0 Å². The van der Waals surface area contributed by atoms with Gasteiger partial charge in [-0.2, -0.15) is 0 Å². The molecule has 7 aromatic rings. The highest BCUT2D eigenvalue weighted by molar-refractivity contribution is 6.14. The minimum absolute atomic E-state index is 0.946. The summed E-state index contributed by atoms with van der Waals surface area (Å²) in [5.74, 6) is 0. The van der Waals surface area contributed by atoms with E-state index in [-0.39, 0.29) is 0 Å².